The van der Waals surface area contributed by atoms with Gasteiger partial charge in [0.15, 0.2) is 0 Å². The standard InChI is InChI=1S/C15H31N2O4P.C13H27N2O4P.BrH/c1-6-15(18)16-11-9-12-17(4,5)13-10-14-22(19,20-7-2)21-8-3;1-5-13(16)14-9-7-10-15(3,4)11-8-12-20(17,18)19-6-2;/h6H,1,7-14H2,2-5H3;5H,1,6-12H2,2-4H3,(H-,14,16,17,18);1H. The lowest BCUT2D eigenvalue weighted by molar-refractivity contribution is -0.890. The predicted octanol–water partition coefficient (Wildman–Crippen LogP) is 0.150. The minimum atomic E-state index is -3.66. The van der Waals surface area contributed by atoms with Crippen LogP contribution in [0.3, 0.4) is 0 Å². The van der Waals surface area contributed by atoms with Crippen LogP contribution in [0.25, 0.3) is 0 Å². The number of carbonyl (C=O) groups excluding carboxylic acids is 2. The number of carbonyl (C=O) groups is 2. The molecule has 0 aliphatic carbocycles. The molecule has 12 nitrogen and oxygen atoms in total. The lowest BCUT2D eigenvalue weighted by Crippen LogP contribution is -3.00. The van der Waals surface area contributed by atoms with Gasteiger partial charge in [0, 0.05) is 44.9 Å². The van der Waals surface area contributed by atoms with E-state index in [4.69, 9.17) is 13.6 Å². The topological polar surface area (TPSA) is 143 Å². The van der Waals surface area contributed by atoms with Crippen LogP contribution in [-0.2, 0) is 32.3 Å². The molecule has 1 atom stereocenters. The molecule has 0 saturated carbocycles. The molecule has 15 heteroatoms. The minimum Gasteiger partial charge on any atom is -1.00 e. The van der Waals surface area contributed by atoms with Crippen molar-refractivity contribution in [1.82, 2.24) is 10.6 Å². The molecule has 0 aromatic carbocycles. The van der Waals surface area contributed by atoms with Gasteiger partial charge in [-0.1, -0.05) is 13.2 Å². The van der Waals surface area contributed by atoms with E-state index in [1.807, 2.05) is 27.9 Å². The first-order valence-corrected chi connectivity index (χ1v) is 18.2. The molecule has 0 bridgehead atoms. The van der Waals surface area contributed by atoms with Crippen LogP contribution in [-0.4, -0.2) is 120 Å². The van der Waals surface area contributed by atoms with Crippen molar-refractivity contribution in [3.8, 4) is 0 Å². The molecule has 2 N–H and O–H groups in total. The Morgan fingerprint density at radius 2 is 1.05 bits per heavy atom. The van der Waals surface area contributed by atoms with E-state index in [0.717, 1.165) is 54.4 Å². The van der Waals surface area contributed by atoms with E-state index in [2.05, 4.69) is 37.9 Å². The molecule has 0 spiro atoms. The second kappa shape index (κ2) is 25.3. The molecular weight excluding hydrogens is 662 g/mol. The van der Waals surface area contributed by atoms with E-state index < -0.39 is 15.2 Å². The Hall–Kier alpha value is -0.880. The summed E-state index contributed by atoms with van der Waals surface area (Å²) < 4.78 is 40.6. The highest BCUT2D eigenvalue weighted by atomic mass is 79.9. The molecule has 0 aliphatic heterocycles. The first-order valence-electron chi connectivity index (χ1n) is 14.8. The van der Waals surface area contributed by atoms with Crippen LogP contribution >= 0.6 is 15.2 Å². The summed E-state index contributed by atoms with van der Waals surface area (Å²) in [5, 5.41) is 5.49. The van der Waals surface area contributed by atoms with Gasteiger partial charge in [-0.2, -0.15) is 0 Å². The number of nitrogens with one attached hydrogen (secondary N) is 2. The third-order valence-electron chi connectivity index (χ3n) is 6.22. The lowest BCUT2D eigenvalue weighted by atomic mass is 10.3. The quantitative estimate of drug-likeness (QED) is 0.0622. The Balaban J connectivity index is -0.000000730. The Bertz CT molecular complexity index is 881. The molecule has 2 amide bonds. The van der Waals surface area contributed by atoms with Crippen molar-refractivity contribution in [3.05, 3.63) is 25.3 Å². The first-order chi connectivity index (χ1) is 19.5. The maximum absolute atomic E-state index is 12.4. The van der Waals surface area contributed by atoms with Gasteiger partial charge >= 0.3 is 7.60 Å². The molecule has 0 radical (unpaired) electrons. The van der Waals surface area contributed by atoms with Gasteiger partial charge in [-0.15, -0.1) is 0 Å². The van der Waals surface area contributed by atoms with Gasteiger partial charge in [0.05, 0.1) is 80.4 Å². The van der Waals surface area contributed by atoms with Crippen molar-refractivity contribution in [2.75, 3.05) is 99.6 Å². The molecule has 0 aliphatic rings. The van der Waals surface area contributed by atoms with Gasteiger partial charge in [0.2, 0.25) is 11.8 Å². The number of quaternary nitrogens is 2. The van der Waals surface area contributed by atoms with Gasteiger partial charge < -0.3 is 59.6 Å². The van der Waals surface area contributed by atoms with E-state index in [1.165, 1.54) is 12.2 Å². The fraction of sp³-hybridized carbons (Fsp3) is 0.786. The minimum absolute atomic E-state index is 0. The van der Waals surface area contributed by atoms with Crippen LogP contribution in [0.1, 0.15) is 46.5 Å². The number of halogens is 1. The van der Waals surface area contributed by atoms with Crippen molar-refractivity contribution in [2.45, 2.75) is 46.5 Å². The molecule has 1 unspecified atom stereocenters. The maximum Gasteiger partial charge on any atom is 0.330 e. The Morgan fingerprint density at radius 1 is 0.698 bits per heavy atom. The Morgan fingerprint density at radius 3 is 1.40 bits per heavy atom. The third-order valence-corrected chi connectivity index (χ3v) is 9.90. The zero-order valence-corrected chi connectivity index (χ0v) is 31.0. The van der Waals surface area contributed by atoms with Crippen molar-refractivity contribution >= 4 is 27.0 Å². The summed E-state index contributed by atoms with van der Waals surface area (Å²) in [4.78, 5) is 33.4. The van der Waals surface area contributed by atoms with Gasteiger partial charge in [-0.25, -0.2) is 0 Å². The predicted molar refractivity (Wildman–Crippen MR) is 168 cm³/mol. The van der Waals surface area contributed by atoms with E-state index in [0.29, 0.717) is 38.9 Å². The summed E-state index contributed by atoms with van der Waals surface area (Å²) in [7, 11) is 1.76. The van der Waals surface area contributed by atoms with E-state index in [9.17, 15) is 23.6 Å². The average Bonchev–Trinajstić information content (AvgIpc) is 2.89. The van der Waals surface area contributed by atoms with Gasteiger partial charge in [-0.05, 0) is 32.9 Å². The zero-order chi connectivity index (χ0) is 32.7. The van der Waals surface area contributed by atoms with Crippen molar-refractivity contribution in [2.24, 2.45) is 0 Å². The first kappa shape index (κ1) is 46.5. The second-order valence-corrected chi connectivity index (χ2v) is 15.2. The molecule has 0 aromatic heterocycles. The van der Waals surface area contributed by atoms with Gasteiger partial charge in [0.25, 0.3) is 0 Å². The molecule has 256 valence electrons. The molecule has 0 aromatic rings. The average molecular weight is 722 g/mol. The Labute approximate surface area is 271 Å². The van der Waals surface area contributed by atoms with Crippen LogP contribution < -0.4 is 32.5 Å². The number of hydrogen-bond acceptors (Lipinski definition) is 8. The molecular formula is C28H59BrN4O8P2. The monoisotopic (exact) mass is 720 g/mol. The SMILES string of the molecule is C=CC(=O)NCCC[N+](C)(C)CCCP(=O)(OCC)OCC.C=CC(=O)NCCC[N+](C)(C)CCCP(=O)([O-])OCC.[Br-]. The van der Waals surface area contributed by atoms with Crippen molar-refractivity contribution < 1.29 is 63.1 Å². The fourth-order valence-corrected chi connectivity index (χ4v) is 6.71. The number of rotatable bonds is 24. The van der Waals surface area contributed by atoms with Crippen LogP contribution in [0.15, 0.2) is 25.3 Å². The largest absolute Gasteiger partial charge is 1.00 e. The highest BCUT2D eigenvalue weighted by Gasteiger charge is 2.25. The smallest absolute Gasteiger partial charge is 0.330 e. The highest BCUT2D eigenvalue weighted by Crippen LogP contribution is 2.48. The fourth-order valence-electron chi connectivity index (χ4n) is 4.01. The van der Waals surface area contributed by atoms with Crippen molar-refractivity contribution in [3.63, 3.8) is 0 Å². The summed E-state index contributed by atoms with van der Waals surface area (Å²) >= 11 is 0. The van der Waals surface area contributed by atoms with Crippen molar-refractivity contribution in [1.29, 1.82) is 0 Å². The van der Waals surface area contributed by atoms with Crippen LogP contribution in [0.5, 0.6) is 0 Å². The molecule has 0 heterocycles. The zero-order valence-electron chi connectivity index (χ0n) is 27.6. The summed E-state index contributed by atoms with van der Waals surface area (Å²) in [5.74, 6) is -0.306. The normalized spacial score (nSPS) is 13.0. The number of amides is 2. The number of hydrogen-bond donors (Lipinski definition) is 2. The molecule has 0 saturated heterocycles. The third kappa shape index (κ3) is 28.3. The van der Waals surface area contributed by atoms with Crippen LogP contribution in [0.4, 0.5) is 0 Å². The summed E-state index contributed by atoms with van der Waals surface area (Å²) in [5.41, 5.74) is 0. The van der Waals surface area contributed by atoms with Crippen LogP contribution in [0, 0.1) is 0 Å². The maximum atomic E-state index is 12.4. The molecule has 0 fully saturated rings. The second-order valence-electron chi connectivity index (χ2n) is 11.1. The molecule has 0 rings (SSSR count). The summed E-state index contributed by atoms with van der Waals surface area (Å²) in [6.07, 6.45) is 6.14. The number of nitrogens with zero attached hydrogens (tertiary/aromatic N) is 2. The summed E-state index contributed by atoms with van der Waals surface area (Å²) in [6.45, 7) is 17.8. The highest BCUT2D eigenvalue weighted by molar-refractivity contribution is 7.53. The molecule has 43 heavy (non-hydrogen) atoms. The Kier molecular flexibility index (Phi) is 27.4. The lowest BCUT2D eigenvalue weighted by Gasteiger charge is -2.31. The van der Waals surface area contributed by atoms with Crippen LogP contribution in [0.2, 0.25) is 0 Å². The summed E-state index contributed by atoms with van der Waals surface area (Å²) in [6, 6.07) is 0. The van der Waals surface area contributed by atoms with Gasteiger partial charge in [-0.3, -0.25) is 14.2 Å². The van der Waals surface area contributed by atoms with E-state index >= 15 is 0 Å². The van der Waals surface area contributed by atoms with E-state index in [-0.39, 0.29) is 41.6 Å². The van der Waals surface area contributed by atoms with Gasteiger partial charge in [0.1, 0.15) is 7.60 Å². The van der Waals surface area contributed by atoms with E-state index in [1.54, 1.807) is 6.92 Å².